The SMILES string of the molecule is O=C(NC[C@]1(O)CC[C@H](CCOc2ccccc2)CC1)c1ccc(O)cc1. The first kappa shape index (κ1) is 19.2. The van der Waals surface area contributed by atoms with Crippen LogP contribution in [0.4, 0.5) is 0 Å². The minimum Gasteiger partial charge on any atom is -0.508 e. The van der Waals surface area contributed by atoms with Crippen LogP contribution >= 0.6 is 0 Å². The fraction of sp³-hybridized carbons (Fsp3) is 0.409. The van der Waals surface area contributed by atoms with E-state index in [9.17, 15) is 15.0 Å². The molecule has 5 heteroatoms. The van der Waals surface area contributed by atoms with Crippen LogP contribution in [0.25, 0.3) is 0 Å². The van der Waals surface area contributed by atoms with Crippen molar-refractivity contribution in [3.63, 3.8) is 0 Å². The molecule has 0 atom stereocenters. The lowest BCUT2D eigenvalue weighted by molar-refractivity contribution is -0.00977. The van der Waals surface area contributed by atoms with Crippen molar-refractivity contribution in [2.45, 2.75) is 37.7 Å². The number of ether oxygens (including phenoxy) is 1. The highest BCUT2D eigenvalue weighted by atomic mass is 16.5. The summed E-state index contributed by atoms with van der Waals surface area (Å²) in [6, 6.07) is 15.9. The summed E-state index contributed by atoms with van der Waals surface area (Å²) < 4.78 is 5.76. The third-order valence-electron chi connectivity index (χ3n) is 5.28. The van der Waals surface area contributed by atoms with Gasteiger partial charge in [0.05, 0.1) is 12.2 Å². The topological polar surface area (TPSA) is 78.8 Å². The van der Waals surface area contributed by atoms with Crippen molar-refractivity contribution in [2.24, 2.45) is 5.92 Å². The van der Waals surface area contributed by atoms with E-state index in [1.54, 1.807) is 12.1 Å². The number of aliphatic hydroxyl groups is 1. The average molecular weight is 369 g/mol. The largest absolute Gasteiger partial charge is 0.508 e. The zero-order valence-corrected chi connectivity index (χ0v) is 15.4. The van der Waals surface area contributed by atoms with Crippen LogP contribution < -0.4 is 10.1 Å². The van der Waals surface area contributed by atoms with Gasteiger partial charge in [-0.05, 0) is 74.4 Å². The number of phenolic OH excluding ortho intramolecular Hbond substituents is 1. The number of rotatable bonds is 7. The van der Waals surface area contributed by atoms with E-state index in [2.05, 4.69) is 5.32 Å². The Morgan fingerprint density at radius 1 is 1.07 bits per heavy atom. The number of hydrogen-bond acceptors (Lipinski definition) is 4. The van der Waals surface area contributed by atoms with Gasteiger partial charge in [0.15, 0.2) is 0 Å². The number of aromatic hydroxyl groups is 1. The van der Waals surface area contributed by atoms with Crippen LogP contribution in [-0.2, 0) is 0 Å². The fourth-order valence-corrected chi connectivity index (χ4v) is 3.50. The summed E-state index contributed by atoms with van der Waals surface area (Å²) in [6.45, 7) is 0.935. The van der Waals surface area contributed by atoms with E-state index in [-0.39, 0.29) is 18.2 Å². The smallest absolute Gasteiger partial charge is 0.251 e. The standard InChI is InChI=1S/C22H27NO4/c24-19-8-6-18(7-9-19)21(25)23-16-22(26)13-10-17(11-14-22)12-15-27-20-4-2-1-3-5-20/h1-9,17,24,26H,10-16H2,(H,23,25)/t17-,22-. The number of nitrogens with one attached hydrogen (secondary N) is 1. The highest BCUT2D eigenvalue weighted by molar-refractivity contribution is 5.94. The van der Waals surface area contributed by atoms with Gasteiger partial charge >= 0.3 is 0 Å². The van der Waals surface area contributed by atoms with Gasteiger partial charge in [0.2, 0.25) is 0 Å². The van der Waals surface area contributed by atoms with Crippen LogP contribution in [0.2, 0.25) is 0 Å². The summed E-state index contributed by atoms with van der Waals surface area (Å²) in [4.78, 5) is 12.2. The zero-order valence-electron chi connectivity index (χ0n) is 15.4. The highest BCUT2D eigenvalue weighted by Gasteiger charge is 2.33. The summed E-state index contributed by atoms with van der Waals surface area (Å²) >= 11 is 0. The number of carbonyl (C=O) groups excluding carboxylic acids is 1. The van der Waals surface area contributed by atoms with Gasteiger partial charge in [0.25, 0.3) is 5.91 Å². The minimum absolute atomic E-state index is 0.125. The van der Waals surface area contributed by atoms with Gasteiger partial charge in [-0.2, -0.15) is 0 Å². The van der Waals surface area contributed by atoms with Crippen molar-refractivity contribution >= 4 is 5.91 Å². The second-order valence-corrected chi connectivity index (χ2v) is 7.35. The Kier molecular flexibility index (Phi) is 6.35. The molecule has 1 amide bonds. The maximum absolute atomic E-state index is 12.2. The average Bonchev–Trinajstić information content (AvgIpc) is 2.69. The Balaban J connectivity index is 1.38. The first-order valence-corrected chi connectivity index (χ1v) is 9.52. The van der Waals surface area contributed by atoms with E-state index in [0.717, 1.165) is 25.0 Å². The molecule has 2 aromatic carbocycles. The molecule has 3 rings (SSSR count). The second-order valence-electron chi connectivity index (χ2n) is 7.35. The predicted octanol–water partition coefficient (Wildman–Crippen LogP) is 3.51. The third-order valence-corrected chi connectivity index (χ3v) is 5.28. The lowest BCUT2D eigenvalue weighted by Crippen LogP contribution is -2.45. The normalized spacial score (nSPS) is 22.2. The molecule has 1 aliphatic rings. The van der Waals surface area contributed by atoms with Crippen molar-refractivity contribution in [3.8, 4) is 11.5 Å². The van der Waals surface area contributed by atoms with E-state index in [4.69, 9.17) is 4.74 Å². The van der Waals surface area contributed by atoms with Crippen LogP contribution in [0, 0.1) is 5.92 Å². The summed E-state index contributed by atoms with van der Waals surface area (Å²) in [7, 11) is 0. The molecule has 1 fully saturated rings. The first-order valence-electron chi connectivity index (χ1n) is 9.52. The van der Waals surface area contributed by atoms with Crippen molar-refractivity contribution in [2.75, 3.05) is 13.2 Å². The van der Waals surface area contributed by atoms with E-state index in [1.165, 1.54) is 12.1 Å². The van der Waals surface area contributed by atoms with Gasteiger partial charge in [0.1, 0.15) is 11.5 Å². The van der Waals surface area contributed by atoms with Gasteiger partial charge in [-0.3, -0.25) is 4.79 Å². The van der Waals surface area contributed by atoms with Gasteiger partial charge in [-0.15, -0.1) is 0 Å². The van der Waals surface area contributed by atoms with Gasteiger partial charge in [-0.25, -0.2) is 0 Å². The number of para-hydroxylation sites is 1. The highest BCUT2D eigenvalue weighted by Crippen LogP contribution is 2.33. The molecule has 5 nitrogen and oxygen atoms in total. The number of phenols is 1. The Morgan fingerprint density at radius 2 is 1.74 bits per heavy atom. The molecule has 0 radical (unpaired) electrons. The van der Waals surface area contributed by atoms with Gasteiger partial charge in [-0.1, -0.05) is 18.2 Å². The number of carbonyl (C=O) groups is 1. The molecular formula is C22H27NO4. The third kappa shape index (κ3) is 5.73. The van der Waals surface area contributed by atoms with Crippen LogP contribution in [0.15, 0.2) is 54.6 Å². The van der Waals surface area contributed by atoms with Gasteiger partial charge < -0.3 is 20.3 Å². The van der Waals surface area contributed by atoms with Crippen LogP contribution in [0.5, 0.6) is 11.5 Å². The Morgan fingerprint density at radius 3 is 2.41 bits per heavy atom. The molecule has 1 saturated carbocycles. The molecular weight excluding hydrogens is 342 g/mol. The summed E-state index contributed by atoms with van der Waals surface area (Å²) in [5.74, 6) is 1.32. The lowest BCUT2D eigenvalue weighted by Gasteiger charge is -2.36. The molecule has 27 heavy (non-hydrogen) atoms. The van der Waals surface area contributed by atoms with Crippen molar-refractivity contribution in [3.05, 3.63) is 60.2 Å². The fourth-order valence-electron chi connectivity index (χ4n) is 3.50. The van der Waals surface area contributed by atoms with E-state index in [1.807, 2.05) is 30.3 Å². The first-order chi connectivity index (χ1) is 13.0. The molecule has 144 valence electrons. The number of hydrogen-bond donors (Lipinski definition) is 3. The second kappa shape index (κ2) is 8.91. The zero-order chi connectivity index (χ0) is 19.1. The van der Waals surface area contributed by atoms with Crippen molar-refractivity contribution < 1.29 is 19.7 Å². The molecule has 0 unspecified atom stereocenters. The molecule has 3 N–H and O–H groups in total. The minimum atomic E-state index is -0.844. The Labute approximate surface area is 160 Å². The molecule has 0 aliphatic heterocycles. The van der Waals surface area contributed by atoms with Crippen molar-refractivity contribution in [1.29, 1.82) is 0 Å². The van der Waals surface area contributed by atoms with Crippen LogP contribution in [0.1, 0.15) is 42.5 Å². The molecule has 0 spiro atoms. The number of amides is 1. The van der Waals surface area contributed by atoms with E-state index < -0.39 is 5.60 Å². The molecule has 1 aliphatic carbocycles. The summed E-state index contributed by atoms with van der Waals surface area (Å²) in [5, 5.41) is 22.8. The van der Waals surface area contributed by atoms with Crippen LogP contribution in [-0.4, -0.2) is 34.9 Å². The van der Waals surface area contributed by atoms with Crippen LogP contribution in [0.3, 0.4) is 0 Å². The quantitative estimate of drug-likeness (QED) is 0.698. The molecule has 0 saturated heterocycles. The number of benzene rings is 2. The van der Waals surface area contributed by atoms with E-state index >= 15 is 0 Å². The monoisotopic (exact) mass is 369 g/mol. The van der Waals surface area contributed by atoms with E-state index in [0.29, 0.717) is 30.9 Å². The lowest BCUT2D eigenvalue weighted by atomic mass is 9.77. The molecule has 2 aromatic rings. The van der Waals surface area contributed by atoms with Gasteiger partial charge in [0, 0.05) is 12.1 Å². The summed E-state index contributed by atoms with van der Waals surface area (Å²) in [5.41, 5.74) is -0.369. The summed E-state index contributed by atoms with van der Waals surface area (Å²) in [6.07, 6.45) is 4.20. The maximum atomic E-state index is 12.2. The Bertz CT molecular complexity index is 722. The maximum Gasteiger partial charge on any atom is 0.251 e. The van der Waals surface area contributed by atoms with Crippen molar-refractivity contribution in [1.82, 2.24) is 5.32 Å². The molecule has 0 heterocycles. The molecule has 0 aromatic heterocycles. The predicted molar refractivity (Wildman–Crippen MR) is 104 cm³/mol. The molecule has 0 bridgehead atoms. The Hall–Kier alpha value is -2.53.